The zero-order chi connectivity index (χ0) is 9.84. The summed E-state index contributed by atoms with van der Waals surface area (Å²) in [5, 5.41) is -0.609. The molecule has 2 N–H and O–H groups in total. The monoisotopic (exact) mass is 197 g/mol. The van der Waals surface area contributed by atoms with Gasteiger partial charge in [-0.2, -0.15) is 0 Å². The molecule has 1 aromatic rings. The topological polar surface area (TPSA) is 43.1 Å². The minimum atomic E-state index is -0.609. The van der Waals surface area contributed by atoms with Crippen molar-refractivity contribution in [3.63, 3.8) is 0 Å². The average Bonchev–Trinajstić information content (AvgIpc) is 2.08. The molecule has 0 heterocycles. The standard InChI is InChI=1S/C10H12ClNO/c1-7-2-4-8(5-3-7)6-9(11)10(12)13/h2-5,9H,6H2,1H3,(H2,12,13). The van der Waals surface area contributed by atoms with Gasteiger partial charge in [0.25, 0.3) is 0 Å². The van der Waals surface area contributed by atoms with Crippen LogP contribution >= 0.6 is 11.6 Å². The highest BCUT2D eigenvalue weighted by atomic mass is 35.5. The van der Waals surface area contributed by atoms with Crippen LogP contribution in [-0.4, -0.2) is 11.3 Å². The Bertz CT molecular complexity index is 294. The highest BCUT2D eigenvalue weighted by molar-refractivity contribution is 6.30. The fraction of sp³-hybridized carbons (Fsp3) is 0.300. The minimum Gasteiger partial charge on any atom is -0.368 e. The number of hydrogen-bond acceptors (Lipinski definition) is 1. The lowest BCUT2D eigenvalue weighted by Crippen LogP contribution is -2.25. The second-order valence-corrected chi connectivity index (χ2v) is 3.59. The molecule has 0 saturated heterocycles. The van der Waals surface area contributed by atoms with Crippen molar-refractivity contribution in [2.45, 2.75) is 18.7 Å². The number of rotatable bonds is 3. The molecule has 70 valence electrons. The Morgan fingerprint density at radius 2 is 2.00 bits per heavy atom. The lowest BCUT2D eigenvalue weighted by molar-refractivity contribution is -0.117. The Labute approximate surface area is 82.7 Å². The maximum absolute atomic E-state index is 10.7. The van der Waals surface area contributed by atoms with E-state index in [-0.39, 0.29) is 0 Å². The van der Waals surface area contributed by atoms with Gasteiger partial charge in [0.05, 0.1) is 0 Å². The molecule has 0 spiro atoms. The Balaban J connectivity index is 2.64. The van der Waals surface area contributed by atoms with Gasteiger partial charge in [0.15, 0.2) is 0 Å². The number of aryl methyl sites for hydroxylation is 1. The number of amides is 1. The minimum absolute atomic E-state index is 0.470. The maximum atomic E-state index is 10.7. The van der Waals surface area contributed by atoms with Gasteiger partial charge in [0.2, 0.25) is 5.91 Å². The van der Waals surface area contributed by atoms with Crippen molar-refractivity contribution in [1.29, 1.82) is 0 Å². The summed E-state index contributed by atoms with van der Waals surface area (Å²) in [5.74, 6) is -0.470. The molecule has 2 nitrogen and oxygen atoms in total. The van der Waals surface area contributed by atoms with Crippen LogP contribution in [0.15, 0.2) is 24.3 Å². The smallest absolute Gasteiger partial charge is 0.235 e. The van der Waals surface area contributed by atoms with Gasteiger partial charge >= 0.3 is 0 Å². The van der Waals surface area contributed by atoms with Crippen molar-refractivity contribution in [3.05, 3.63) is 35.4 Å². The molecule has 0 saturated carbocycles. The van der Waals surface area contributed by atoms with Crippen molar-refractivity contribution in [3.8, 4) is 0 Å². The number of nitrogens with two attached hydrogens (primary N) is 1. The third-order valence-electron chi connectivity index (χ3n) is 1.84. The lowest BCUT2D eigenvalue weighted by Gasteiger charge is -2.04. The molecule has 0 aliphatic rings. The van der Waals surface area contributed by atoms with Crippen molar-refractivity contribution >= 4 is 17.5 Å². The summed E-state index contributed by atoms with van der Waals surface area (Å²) in [6.45, 7) is 2.01. The van der Waals surface area contributed by atoms with Crippen LogP contribution in [-0.2, 0) is 11.2 Å². The quantitative estimate of drug-likeness (QED) is 0.736. The van der Waals surface area contributed by atoms with Gasteiger partial charge in [-0.3, -0.25) is 4.79 Å². The van der Waals surface area contributed by atoms with Crippen LogP contribution in [0.2, 0.25) is 0 Å². The number of alkyl halides is 1. The van der Waals surface area contributed by atoms with Crippen molar-refractivity contribution < 1.29 is 4.79 Å². The number of hydrogen-bond donors (Lipinski definition) is 1. The Morgan fingerprint density at radius 3 is 2.46 bits per heavy atom. The van der Waals surface area contributed by atoms with E-state index in [0.717, 1.165) is 5.56 Å². The fourth-order valence-corrected chi connectivity index (χ4v) is 1.21. The molecule has 0 aliphatic heterocycles. The van der Waals surface area contributed by atoms with Crippen LogP contribution in [0.5, 0.6) is 0 Å². The predicted molar refractivity (Wildman–Crippen MR) is 53.7 cm³/mol. The molecule has 0 bridgehead atoms. The zero-order valence-corrected chi connectivity index (χ0v) is 8.21. The summed E-state index contributed by atoms with van der Waals surface area (Å²) in [5.41, 5.74) is 7.26. The summed E-state index contributed by atoms with van der Waals surface area (Å²) in [7, 11) is 0. The van der Waals surface area contributed by atoms with Gasteiger partial charge in [0.1, 0.15) is 5.38 Å². The van der Waals surface area contributed by atoms with Crippen LogP contribution in [0.4, 0.5) is 0 Å². The Kier molecular flexibility index (Phi) is 3.32. The van der Waals surface area contributed by atoms with Crippen molar-refractivity contribution in [2.75, 3.05) is 0 Å². The molecule has 1 unspecified atom stereocenters. The number of carbonyl (C=O) groups is 1. The van der Waals surface area contributed by atoms with E-state index < -0.39 is 11.3 Å². The molecule has 1 atom stereocenters. The summed E-state index contributed by atoms with van der Waals surface area (Å²) < 4.78 is 0. The van der Waals surface area contributed by atoms with Crippen LogP contribution in [0.3, 0.4) is 0 Å². The van der Waals surface area contributed by atoms with E-state index in [1.807, 2.05) is 31.2 Å². The highest BCUT2D eigenvalue weighted by Gasteiger charge is 2.11. The summed E-state index contributed by atoms with van der Waals surface area (Å²) in [6.07, 6.45) is 0.497. The molecule has 13 heavy (non-hydrogen) atoms. The summed E-state index contributed by atoms with van der Waals surface area (Å²) in [4.78, 5) is 10.7. The van der Waals surface area contributed by atoms with Gasteiger partial charge < -0.3 is 5.73 Å². The number of halogens is 1. The zero-order valence-electron chi connectivity index (χ0n) is 7.46. The molecule has 0 aliphatic carbocycles. The second kappa shape index (κ2) is 4.28. The van der Waals surface area contributed by atoms with E-state index in [2.05, 4.69) is 0 Å². The molecule has 0 fully saturated rings. The van der Waals surface area contributed by atoms with Gasteiger partial charge in [-0.05, 0) is 18.9 Å². The average molecular weight is 198 g/mol. The first kappa shape index (κ1) is 10.1. The van der Waals surface area contributed by atoms with E-state index in [1.54, 1.807) is 0 Å². The fourth-order valence-electron chi connectivity index (χ4n) is 1.03. The second-order valence-electron chi connectivity index (χ2n) is 3.06. The first-order valence-corrected chi connectivity index (χ1v) is 4.52. The van der Waals surface area contributed by atoms with Crippen molar-refractivity contribution in [2.24, 2.45) is 5.73 Å². The van der Waals surface area contributed by atoms with E-state index in [0.29, 0.717) is 6.42 Å². The molecule has 0 aromatic heterocycles. The molecule has 0 radical (unpaired) electrons. The number of carbonyl (C=O) groups excluding carboxylic acids is 1. The summed E-state index contributed by atoms with van der Waals surface area (Å²) in [6, 6.07) is 7.88. The summed E-state index contributed by atoms with van der Waals surface area (Å²) >= 11 is 5.72. The Hall–Kier alpha value is -1.02. The third kappa shape index (κ3) is 3.07. The molecule has 1 amide bonds. The van der Waals surface area contributed by atoms with E-state index in [9.17, 15) is 4.79 Å². The molecular formula is C10H12ClNO. The normalized spacial score (nSPS) is 12.5. The van der Waals surface area contributed by atoms with Crippen LogP contribution in [0.25, 0.3) is 0 Å². The van der Waals surface area contributed by atoms with Crippen LogP contribution in [0, 0.1) is 6.92 Å². The van der Waals surface area contributed by atoms with Crippen molar-refractivity contribution in [1.82, 2.24) is 0 Å². The SMILES string of the molecule is Cc1ccc(CC(Cl)C(N)=O)cc1. The van der Waals surface area contributed by atoms with Gasteiger partial charge in [-0.15, -0.1) is 11.6 Å². The molecule has 1 rings (SSSR count). The largest absolute Gasteiger partial charge is 0.368 e. The van der Waals surface area contributed by atoms with E-state index in [1.165, 1.54) is 5.56 Å². The lowest BCUT2D eigenvalue weighted by atomic mass is 10.1. The number of primary amides is 1. The first-order chi connectivity index (χ1) is 6.09. The van der Waals surface area contributed by atoms with Gasteiger partial charge in [0, 0.05) is 0 Å². The van der Waals surface area contributed by atoms with E-state index in [4.69, 9.17) is 17.3 Å². The molecular weight excluding hydrogens is 186 g/mol. The maximum Gasteiger partial charge on any atom is 0.235 e. The first-order valence-electron chi connectivity index (χ1n) is 4.08. The highest BCUT2D eigenvalue weighted by Crippen LogP contribution is 2.09. The van der Waals surface area contributed by atoms with Gasteiger partial charge in [-0.25, -0.2) is 0 Å². The van der Waals surface area contributed by atoms with E-state index >= 15 is 0 Å². The third-order valence-corrected chi connectivity index (χ3v) is 2.21. The van der Waals surface area contributed by atoms with Gasteiger partial charge in [-0.1, -0.05) is 29.8 Å². The Morgan fingerprint density at radius 1 is 1.46 bits per heavy atom. The molecule has 3 heteroatoms. The molecule has 1 aromatic carbocycles. The number of benzene rings is 1. The predicted octanol–water partition coefficient (Wildman–Crippen LogP) is 1.63. The van der Waals surface area contributed by atoms with Crippen LogP contribution in [0.1, 0.15) is 11.1 Å². The van der Waals surface area contributed by atoms with Crippen LogP contribution < -0.4 is 5.73 Å².